The van der Waals surface area contributed by atoms with Crippen LogP contribution < -0.4 is 19.7 Å². The first-order valence-electron chi connectivity index (χ1n) is 10.6. The van der Waals surface area contributed by atoms with Crippen molar-refractivity contribution in [2.45, 2.75) is 19.5 Å². The molecule has 2 N–H and O–H groups in total. The molecule has 0 aliphatic carbocycles. The van der Waals surface area contributed by atoms with Crippen molar-refractivity contribution < 1.29 is 19.2 Å². The molecule has 0 heterocycles. The minimum atomic E-state index is -0.210. The third kappa shape index (κ3) is 6.59. The van der Waals surface area contributed by atoms with Crippen LogP contribution in [0, 0.1) is 0 Å². The van der Waals surface area contributed by atoms with Gasteiger partial charge in [0.2, 0.25) is 0 Å². The number of carbonyl (C=O) groups is 1. The highest BCUT2D eigenvalue weighted by Gasteiger charge is 2.19. The molecule has 0 saturated heterocycles. The summed E-state index contributed by atoms with van der Waals surface area (Å²) < 4.78 is 10.8. The van der Waals surface area contributed by atoms with Crippen molar-refractivity contribution in [1.29, 1.82) is 0 Å². The molecule has 0 aromatic heterocycles. The molecule has 5 heteroatoms. The van der Waals surface area contributed by atoms with E-state index in [-0.39, 0.29) is 11.9 Å². The monoisotopic (exact) mass is 419 g/mol. The van der Waals surface area contributed by atoms with E-state index in [1.807, 2.05) is 80.7 Å². The standard InChI is InChI=1S/C26H30N2O3/c1-4-31-24-14-10-20(11-15-24)18-28(2)19-25(29)27-26(21-8-6-5-7-9-21)22-12-16-23(30-3)17-13-22/h5-17,26H,4,18-19H2,1-3H3,(H,27,29)/p+1/t26-/m1/s1. The van der Waals surface area contributed by atoms with Crippen LogP contribution in [0.3, 0.4) is 0 Å². The number of hydrogen-bond donors (Lipinski definition) is 2. The highest BCUT2D eigenvalue weighted by Crippen LogP contribution is 2.24. The Morgan fingerprint density at radius 3 is 2.13 bits per heavy atom. The number of rotatable bonds is 10. The van der Waals surface area contributed by atoms with Gasteiger partial charge in [-0.05, 0) is 54.4 Å². The van der Waals surface area contributed by atoms with Gasteiger partial charge in [-0.2, -0.15) is 0 Å². The van der Waals surface area contributed by atoms with Gasteiger partial charge in [-0.3, -0.25) is 4.79 Å². The number of nitrogens with one attached hydrogen (secondary N) is 2. The molecule has 162 valence electrons. The lowest BCUT2D eigenvalue weighted by atomic mass is 9.98. The molecule has 0 fully saturated rings. The third-order valence-corrected chi connectivity index (χ3v) is 5.09. The Morgan fingerprint density at radius 2 is 1.52 bits per heavy atom. The lowest BCUT2D eigenvalue weighted by molar-refractivity contribution is -0.885. The molecule has 0 aliphatic rings. The highest BCUT2D eigenvalue weighted by atomic mass is 16.5. The van der Waals surface area contributed by atoms with Crippen molar-refractivity contribution in [3.8, 4) is 11.5 Å². The van der Waals surface area contributed by atoms with Crippen LogP contribution in [-0.4, -0.2) is 33.2 Å². The van der Waals surface area contributed by atoms with Gasteiger partial charge in [0, 0.05) is 5.56 Å². The van der Waals surface area contributed by atoms with Crippen LogP contribution in [0.5, 0.6) is 11.5 Å². The van der Waals surface area contributed by atoms with E-state index >= 15 is 0 Å². The number of carbonyl (C=O) groups excluding carboxylic acids is 1. The summed E-state index contributed by atoms with van der Waals surface area (Å²) in [5.74, 6) is 1.67. The first kappa shape index (κ1) is 22.4. The SMILES string of the molecule is CCOc1ccc(C[NH+](C)CC(=O)N[C@H](c2ccccc2)c2ccc(OC)cc2)cc1. The maximum absolute atomic E-state index is 12.9. The first-order chi connectivity index (χ1) is 15.1. The van der Waals surface area contributed by atoms with Gasteiger partial charge in [-0.1, -0.05) is 42.5 Å². The van der Waals surface area contributed by atoms with Crippen molar-refractivity contribution in [3.63, 3.8) is 0 Å². The molecule has 0 bridgehead atoms. The molecule has 0 saturated carbocycles. The largest absolute Gasteiger partial charge is 0.497 e. The predicted octanol–water partition coefficient (Wildman–Crippen LogP) is 3.01. The number of benzene rings is 3. The molecule has 31 heavy (non-hydrogen) atoms. The van der Waals surface area contributed by atoms with Gasteiger partial charge in [-0.25, -0.2) is 0 Å². The summed E-state index contributed by atoms with van der Waals surface area (Å²) in [4.78, 5) is 14.0. The summed E-state index contributed by atoms with van der Waals surface area (Å²) in [5, 5.41) is 3.21. The molecule has 3 aromatic rings. The molecule has 3 rings (SSSR count). The quantitative estimate of drug-likeness (QED) is 0.531. The number of quaternary nitrogens is 1. The average molecular weight is 420 g/mol. The second-order valence-corrected chi connectivity index (χ2v) is 7.57. The van der Waals surface area contributed by atoms with Gasteiger partial charge in [-0.15, -0.1) is 0 Å². The fourth-order valence-corrected chi connectivity index (χ4v) is 3.57. The van der Waals surface area contributed by atoms with Crippen LogP contribution in [0.1, 0.15) is 29.7 Å². The normalized spacial score (nSPS) is 12.6. The van der Waals surface area contributed by atoms with Gasteiger partial charge < -0.3 is 19.7 Å². The van der Waals surface area contributed by atoms with Crippen LogP contribution in [0.25, 0.3) is 0 Å². The Morgan fingerprint density at radius 1 is 0.903 bits per heavy atom. The molecule has 2 atom stereocenters. The maximum Gasteiger partial charge on any atom is 0.275 e. The summed E-state index contributed by atoms with van der Waals surface area (Å²) in [5.41, 5.74) is 3.23. The zero-order valence-electron chi connectivity index (χ0n) is 18.4. The number of amides is 1. The topological polar surface area (TPSA) is 52.0 Å². The Bertz CT molecular complexity index is 941. The highest BCUT2D eigenvalue weighted by molar-refractivity contribution is 5.78. The van der Waals surface area contributed by atoms with Crippen LogP contribution in [0.4, 0.5) is 0 Å². The number of ether oxygens (including phenoxy) is 2. The van der Waals surface area contributed by atoms with E-state index in [9.17, 15) is 4.79 Å². The summed E-state index contributed by atoms with van der Waals surface area (Å²) in [7, 11) is 3.68. The number of methoxy groups -OCH3 is 1. The van der Waals surface area contributed by atoms with Crippen molar-refractivity contribution in [2.75, 3.05) is 27.3 Å². The summed E-state index contributed by atoms with van der Waals surface area (Å²) in [6.07, 6.45) is 0. The Labute approximate surface area is 184 Å². The van der Waals surface area contributed by atoms with E-state index in [2.05, 4.69) is 17.4 Å². The van der Waals surface area contributed by atoms with Gasteiger partial charge in [0.1, 0.15) is 18.0 Å². The molecule has 1 unspecified atom stereocenters. The van der Waals surface area contributed by atoms with Crippen molar-refractivity contribution in [3.05, 3.63) is 95.6 Å². The molecular weight excluding hydrogens is 388 g/mol. The van der Waals surface area contributed by atoms with Crippen LogP contribution in [0.2, 0.25) is 0 Å². The minimum absolute atomic E-state index is 0.00751. The van der Waals surface area contributed by atoms with Crippen molar-refractivity contribution in [2.24, 2.45) is 0 Å². The summed E-state index contributed by atoms with van der Waals surface area (Å²) in [6, 6.07) is 25.7. The summed E-state index contributed by atoms with van der Waals surface area (Å²) in [6.45, 7) is 3.77. The molecule has 0 spiro atoms. The second-order valence-electron chi connectivity index (χ2n) is 7.57. The van der Waals surface area contributed by atoms with E-state index in [0.29, 0.717) is 13.2 Å². The minimum Gasteiger partial charge on any atom is -0.497 e. The van der Waals surface area contributed by atoms with Gasteiger partial charge in [0.25, 0.3) is 5.91 Å². The molecule has 0 radical (unpaired) electrons. The maximum atomic E-state index is 12.9. The number of hydrogen-bond acceptors (Lipinski definition) is 3. The molecular formula is C26H31N2O3+. The smallest absolute Gasteiger partial charge is 0.275 e. The van der Waals surface area contributed by atoms with Crippen LogP contribution in [0.15, 0.2) is 78.9 Å². The zero-order valence-corrected chi connectivity index (χ0v) is 18.4. The third-order valence-electron chi connectivity index (χ3n) is 5.09. The van der Waals surface area contributed by atoms with Crippen LogP contribution >= 0.6 is 0 Å². The lowest BCUT2D eigenvalue weighted by Gasteiger charge is -2.21. The van der Waals surface area contributed by atoms with Gasteiger partial charge in [0.15, 0.2) is 6.54 Å². The Hall–Kier alpha value is -3.31. The van der Waals surface area contributed by atoms with Gasteiger partial charge >= 0.3 is 0 Å². The molecule has 1 amide bonds. The van der Waals surface area contributed by atoms with Crippen LogP contribution in [-0.2, 0) is 11.3 Å². The molecule has 0 aliphatic heterocycles. The lowest BCUT2D eigenvalue weighted by Crippen LogP contribution is -3.08. The first-order valence-corrected chi connectivity index (χ1v) is 10.6. The zero-order chi connectivity index (χ0) is 22.1. The van der Waals surface area contributed by atoms with E-state index in [0.717, 1.165) is 34.1 Å². The molecule has 3 aromatic carbocycles. The van der Waals surface area contributed by atoms with E-state index in [4.69, 9.17) is 9.47 Å². The van der Waals surface area contributed by atoms with E-state index in [1.54, 1.807) is 7.11 Å². The predicted molar refractivity (Wildman–Crippen MR) is 122 cm³/mol. The summed E-state index contributed by atoms with van der Waals surface area (Å²) >= 11 is 0. The molecule has 5 nitrogen and oxygen atoms in total. The van der Waals surface area contributed by atoms with Crippen molar-refractivity contribution >= 4 is 5.91 Å². The van der Waals surface area contributed by atoms with Gasteiger partial charge in [0.05, 0.1) is 26.8 Å². The number of likely N-dealkylation sites (N-methyl/N-ethyl adjacent to an activating group) is 1. The fourth-order valence-electron chi connectivity index (χ4n) is 3.57. The van der Waals surface area contributed by atoms with Crippen molar-refractivity contribution in [1.82, 2.24) is 5.32 Å². The average Bonchev–Trinajstić information content (AvgIpc) is 2.79. The van der Waals surface area contributed by atoms with E-state index < -0.39 is 0 Å². The van der Waals surface area contributed by atoms with E-state index in [1.165, 1.54) is 5.56 Å². The fraction of sp³-hybridized carbons (Fsp3) is 0.269. The Kier molecular flexibility index (Phi) is 8.07. The second kappa shape index (κ2) is 11.2. The Balaban J connectivity index is 1.65.